The van der Waals surface area contributed by atoms with Crippen LogP contribution in [0.4, 0.5) is 5.69 Å². The summed E-state index contributed by atoms with van der Waals surface area (Å²) in [5, 5.41) is 13.3. The number of piperazine rings is 1. The molecule has 0 bridgehead atoms. The molecule has 1 fully saturated rings. The largest absolute Gasteiger partial charge is 0.506 e. The Labute approximate surface area is 152 Å². The summed E-state index contributed by atoms with van der Waals surface area (Å²) >= 11 is 1.71. The van der Waals surface area contributed by atoms with Crippen LogP contribution in [0, 0.1) is 0 Å². The molecular weight excluding hydrogens is 330 g/mol. The number of benzene rings is 2. The van der Waals surface area contributed by atoms with E-state index in [0.717, 1.165) is 49.1 Å². The Hall–Kier alpha value is -2.37. The van der Waals surface area contributed by atoms with Crippen molar-refractivity contribution in [2.45, 2.75) is 6.54 Å². The average Bonchev–Trinajstić information content (AvgIpc) is 3.12. The Bertz CT molecular complexity index is 826. The fourth-order valence-electron chi connectivity index (χ4n) is 3.20. The molecule has 0 aliphatic carbocycles. The molecule has 3 aromatic rings. The van der Waals surface area contributed by atoms with Crippen molar-refractivity contribution in [3.8, 4) is 16.3 Å². The van der Waals surface area contributed by atoms with Gasteiger partial charge in [0.1, 0.15) is 10.8 Å². The zero-order valence-electron chi connectivity index (χ0n) is 14.0. The maximum Gasteiger partial charge on any atom is 0.138 e. The SMILES string of the molecule is Oc1ccccc1N1CCN(Cc2csc(-c3ccccc3)n2)CC1. The van der Waals surface area contributed by atoms with Crippen LogP contribution in [-0.2, 0) is 6.54 Å². The smallest absolute Gasteiger partial charge is 0.138 e. The van der Waals surface area contributed by atoms with Crippen molar-refractivity contribution in [3.63, 3.8) is 0 Å². The molecule has 5 heteroatoms. The van der Waals surface area contributed by atoms with Crippen LogP contribution in [0.15, 0.2) is 60.0 Å². The zero-order valence-corrected chi connectivity index (χ0v) is 14.8. The van der Waals surface area contributed by atoms with Crippen LogP contribution in [-0.4, -0.2) is 41.2 Å². The molecule has 1 aromatic heterocycles. The minimum atomic E-state index is 0.364. The van der Waals surface area contributed by atoms with Gasteiger partial charge in [0.2, 0.25) is 0 Å². The first-order valence-electron chi connectivity index (χ1n) is 8.55. The molecular formula is C20H21N3OS. The van der Waals surface area contributed by atoms with Gasteiger partial charge < -0.3 is 10.0 Å². The average molecular weight is 351 g/mol. The van der Waals surface area contributed by atoms with Crippen molar-refractivity contribution in [2.24, 2.45) is 0 Å². The van der Waals surface area contributed by atoms with Crippen LogP contribution in [0.3, 0.4) is 0 Å². The van der Waals surface area contributed by atoms with E-state index in [2.05, 4.69) is 39.4 Å². The summed E-state index contributed by atoms with van der Waals surface area (Å²) in [7, 11) is 0. The third kappa shape index (κ3) is 3.67. The third-order valence-electron chi connectivity index (χ3n) is 4.55. The van der Waals surface area contributed by atoms with E-state index in [1.807, 2.05) is 24.3 Å². The normalized spacial score (nSPS) is 15.4. The minimum absolute atomic E-state index is 0.364. The summed E-state index contributed by atoms with van der Waals surface area (Å²) in [6, 6.07) is 17.9. The maximum absolute atomic E-state index is 10.0. The topological polar surface area (TPSA) is 39.6 Å². The molecule has 0 unspecified atom stereocenters. The van der Waals surface area contributed by atoms with Crippen LogP contribution < -0.4 is 4.90 Å². The van der Waals surface area contributed by atoms with E-state index in [4.69, 9.17) is 4.98 Å². The summed E-state index contributed by atoms with van der Waals surface area (Å²) in [5.74, 6) is 0.364. The first kappa shape index (κ1) is 16.1. The van der Waals surface area contributed by atoms with E-state index in [1.165, 1.54) is 5.56 Å². The van der Waals surface area contributed by atoms with Gasteiger partial charge in [0.15, 0.2) is 0 Å². The quantitative estimate of drug-likeness (QED) is 0.775. The number of thiazole rings is 1. The van der Waals surface area contributed by atoms with Gasteiger partial charge in [-0.25, -0.2) is 4.98 Å². The number of phenolic OH excluding ortho intramolecular Hbond substituents is 1. The molecule has 0 atom stereocenters. The standard InChI is InChI=1S/C20H21N3OS/c24-19-9-5-4-8-18(19)23-12-10-22(11-13-23)14-17-15-25-20(21-17)16-6-2-1-3-7-16/h1-9,15,24H,10-14H2. The number of phenols is 1. The number of hydrogen-bond donors (Lipinski definition) is 1. The lowest BCUT2D eigenvalue weighted by molar-refractivity contribution is 0.247. The first-order valence-corrected chi connectivity index (χ1v) is 9.43. The van der Waals surface area contributed by atoms with Gasteiger partial charge in [-0.3, -0.25) is 4.90 Å². The summed E-state index contributed by atoms with van der Waals surface area (Å²) in [4.78, 5) is 9.47. The van der Waals surface area contributed by atoms with Crippen molar-refractivity contribution >= 4 is 17.0 Å². The summed E-state index contributed by atoms with van der Waals surface area (Å²) in [6.45, 7) is 4.69. The van der Waals surface area contributed by atoms with Crippen molar-refractivity contribution in [2.75, 3.05) is 31.1 Å². The number of aromatic nitrogens is 1. The monoisotopic (exact) mass is 351 g/mol. The number of nitrogens with zero attached hydrogens (tertiary/aromatic N) is 3. The van der Waals surface area contributed by atoms with Crippen LogP contribution >= 0.6 is 11.3 Å². The van der Waals surface area contributed by atoms with Crippen molar-refractivity contribution in [3.05, 3.63) is 65.7 Å². The Kier molecular flexibility index (Phi) is 4.68. The Morgan fingerprint density at radius 2 is 1.64 bits per heavy atom. The second kappa shape index (κ2) is 7.25. The highest BCUT2D eigenvalue weighted by Gasteiger charge is 2.19. The highest BCUT2D eigenvalue weighted by atomic mass is 32.1. The number of aromatic hydroxyl groups is 1. The molecule has 1 aliphatic rings. The zero-order chi connectivity index (χ0) is 17.1. The van der Waals surface area contributed by atoms with Gasteiger partial charge in [-0.2, -0.15) is 0 Å². The summed E-state index contributed by atoms with van der Waals surface area (Å²) < 4.78 is 0. The van der Waals surface area contributed by atoms with Crippen LogP contribution in [0.2, 0.25) is 0 Å². The molecule has 4 nitrogen and oxygen atoms in total. The molecule has 0 saturated carbocycles. The van der Waals surface area contributed by atoms with E-state index < -0.39 is 0 Å². The van der Waals surface area contributed by atoms with E-state index in [1.54, 1.807) is 17.4 Å². The van der Waals surface area contributed by atoms with Gasteiger partial charge in [0.25, 0.3) is 0 Å². The second-order valence-electron chi connectivity index (χ2n) is 6.26. The van der Waals surface area contributed by atoms with Crippen LogP contribution in [0.25, 0.3) is 10.6 Å². The van der Waals surface area contributed by atoms with Gasteiger partial charge in [-0.05, 0) is 12.1 Å². The van der Waals surface area contributed by atoms with Gasteiger partial charge in [-0.1, -0.05) is 42.5 Å². The summed E-state index contributed by atoms with van der Waals surface area (Å²) in [5.41, 5.74) is 3.25. The fourth-order valence-corrected chi connectivity index (χ4v) is 4.02. The highest BCUT2D eigenvalue weighted by Crippen LogP contribution is 2.28. The molecule has 2 aromatic carbocycles. The lowest BCUT2D eigenvalue weighted by atomic mass is 10.2. The number of anilines is 1. The Morgan fingerprint density at radius 3 is 2.40 bits per heavy atom. The molecule has 0 radical (unpaired) electrons. The molecule has 25 heavy (non-hydrogen) atoms. The molecule has 2 heterocycles. The van der Waals surface area contributed by atoms with Gasteiger partial charge in [-0.15, -0.1) is 11.3 Å². The predicted octanol–water partition coefficient (Wildman–Crippen LogP) is 3.84. The van der Waals surface area contributed by atoms with Crippen molar-refractivity contribution < 1.29 is 5.11 Å². The van der Waals surface area contributed by atoms with Gasteiger partial charge >= 0.3 is 0 Å². The minimum Gasteiger partial charge on any atom is -0.506 e. The first-order chi connectivity index (χ1) is 12.3. The van der Waals surface area contributed by atoms with Crippen LogP contribution in [0.5, 0.6) is 5.75 Å². The molecule has 1 aliphatic heterocycles. The number of hydrogen-bond acceptors (Lipinski definition) is 5. The van der Waals surface area contributed by atoms with Gasteiger partial charge in [0, 0.05) is 43.7 Å². The maximum atomic E-state index is 10.0. The third-order valence-corrected chi connectivity index (χ3v) is 5.49. The van der Waals surface area contributed by atoms with Crippen LogP contribution in [0.1, 0.15) is 5.69 Å². The molecule has 1 N–H and O–H groups in total. The highest BCUT2D eigenvalue weighted by molar-refractivity contribution is 7.13. The van der Waals surface area contributed by atoms with Gasteiger partial charge in [0.05, 0.1) is 11.4 Å². The molecule has 0 spiro atoms. The summed E-state index contributed by atoms with van der Waals surface area (Å²) in [6.07, 6.45) is 0. The molecule has 4 rings (SSSR count). The van der Waals surface area contributed by atoms with E-state index in [-0.39, 0.29) is 0 Å². The predicted molar refractivity (Wildman–Crippen MR) is 103 cm³/mol. The van der Waals surface area contributed by atoms with E-state index in [9.17, 15) is 5.11 Å². The van der Waals surface area contributed by atoms with Crippen molar-refractivity contribution in [1.29, 1.82) is 0 Å². The molecule has 128 valence electrons. The fraction of sp³-hybridized carbons (Fsp3) is 0.250. The number of rotatable bonds is 4. The molecule has 0 amide bonds. The second-order valence-corrected chi connectivity index (χ2v) is 7.12. The Morgan fingerprint density at radius 1 is 0.920 bits per heavy atom. The van der Waals surface area contributed by atoms with Crippen molar-refractivity contribution in [1.82, 2.24) is 9.88 Å². The lowest BCUT2D eigenvalue weighted by Gasteiger charge is -2.36. The van der Waals surface area contributed by atoms with E-state index in [0.29, 0.717) is 5.75 Å². The lowest BCUT2D eigenvalue weighted by Crippen LogP contribution is -2.46. The Balaban J connectivity index is 1.36. The van der Waals surface area contributed by atoms with E-state index >= 15 is 0 Å². The molecule has 1 saturated heterocycles. The number of para-hydroxylation sites is 2.